The average molecular weight is 292 g/mol. The molecule has 1 N–H and O–H groups in total. The molecule has 2 rings (SSSR count). The van der Waals surface area contributed by atoms with E-state index in [9.17, 15) is 0 Å². The SMILES string of the molecule is CCOc1ccc(Nc2cc(CC)ncn2)cc1CCl. The number of aryl methyl sites for hydroxylation is 1. The highest BCUT2D eigenvalue weighted by atomic mass is 35.5. The van der Waals surface area contributed by atoms with Crippen molar-refractivity contribution in [1.82, 2.24) is 9.97 Å². The van der Waals surface area contributed by atoms with Gasteiger partial charge in [-0.1, -0.05) is 6.92 Å². The van der Waals surface area contributed by atoms with Crippen LogP contribution >= 0.6 is 11.6 Å². The van der Waals surface area contributed by atoms with E-state index in [-0.39, 0.29) is 0 Å². The van der Waals surface area contributed by atoms with Gasteiger partial charge < -0.3 is 10.1 Å². The number of nitrogens with zero attached hydrogens (tertiary/aromatic N) is 2. The summed E-state index contributed by atoms with van der Waals surface area (Å²) in [6, 6.07) is 7.79. The maximum absolute atomic E-state index is 5.96. The molecule has 0 aliphatic heterocycles. The van der Waals surface area contributed by atoms with E-state index in [1.54, 1.807) is 6.33 Å². The topological polar surface area (TPSA) is 47.0 Å². The third kappa shape index (κ3) is 3.61. The first-order valence-corrected chi connectivity index (χ1v) is 7.19. The third-order valence-electron chi connectivity index (χ3n) is 2.86. The first kappa shape index (κ1) is 14.6. The Hall–Kier alpha value is -1.81. The van der Waals surface area contributed by atoms with E-state index in [0.29, 0.717) is 12.5 Å². The van der Waals surface area contributed by atoms with Crippen molar-refractivity contribution in [3.05, 3.63) is 41.9 Å². The first-order chi connectivity index (χ1) is 9.76. The molecular weight excluding hydrogens is 274 g/mol. The lowest BCUT2D eigenvalue weighted by Crippen LogP contribution is -1.99. The molecule has 0 radical (unpaired) electrons. The number of anilines is 2. The summed E-state index contributed by atoms with van der Waals surface area (Å²) in [6.07, 6.45) is 2.45. The molecule has 0 aliphatic rings. The molecule has 0 spiro atoms. The minimum absolute atomic E-state index is 0.412. The maximum atomic E-state index is 5.96. The van der Waals surface area contributed by atoms with Crippen molar-refractivity contribution in [3.8, 4) is 5.75 Å². The van der Waals surface area contributed by atoms with E-state index in [4.69, 9.17) is 16.3 Å². The van der Waals surface area contributed by atoms with Crippen molar-refractivity contribution in [3.63, 3.8) is 0 Å². The maximum Gasteiger partial charge on any atom is 0.133 e. The number of hydrogen-bond acceptors (Lipinski definition) is 4. The highest BCUT2D eigenvalue weighted by Crippen LogP contribution is 2.26. The van der Waals surface area contributed by atoms with Crippen molar-refractivity contribution in [1.29, 1.82) is 0 Å². The molecule has 0 saturated carbocycles. The standard InChI is InChI=1S/C15H18ClN3O/c1-3-12-8-15(18-10-17-12)19-13-5-6-14(20-4-2)11(7-13)9-16/h5-8,10H,3-4,9H2,1-2H3,(H,17,18,19). The molecule has 1 aromatic heterocycles. The van der Waals surface area contributed by atoms with Crippen molar-refractivity contribution in [2.24, 2.45) is 0 Å². The lowest BCUT2D eigenvalue weighted by molar-refractivity contribution is 0.337. The fourth-order valence-electron chi connectivity index (χ4n) is 1.87. The predicted molar refractivity (Wildman–Crippen MR) is 81.9 cm³/mol. The van der Waals surface area contributed by atoms with Crippen LogP contribution in [-0.4, -0.2) is 16.6 Å². The number of aromatic nitrogens is 2. The van der Waals surface area contributed by atoms with Gasteiger partial charge >= 0.3 is 0 Å². The predicted octanol–water partition coefficient (Wildman–Crippen LogP) is 3.92. The number of nitrogens with one attached hydrogen (secondary N) is 1. The fraction of sp³-hybridized carbons (Fsp3) is 0.333. The van der Waals surface area contributed by atoms with Crippen LogP contribution in [0.5, 0.6) is 5.75 Å². The van der Waals surface area contributed by atoms with Gasteiger partial charge in [0.2, 0.25) is 0 Å². The van der Waals surface area contributed by atoms with Gasteiger partial charge in [0.1, 0.15) is 17.9 Å². The monoisotopic (exact) mass is 291 g/mol. The minimum atomic E-state index is 0.412. The summed E-state index contributed by atoms with van der Waals surface area (Å²) < 4.78 is 5.53. The van der Waals surface area contributed by atoms with Crippen LogP contribution < -0.4 is 10.1 Å². The van der Waals surface area contributed by atoms with Crippen LogP contribution in [0, 0.1) is 0 Å². The molecule has 0 amide bonds. The molecule has 1 heterocycles. The second kappa shape index (κ2) is 7.10. The molecule has 0 atom stereocenters. The second-order valence-electron chi connectivity index (χ2n) is 4.26. The lowest BCUT2D eigenvalue weighted by Gasteiger charge is -2.11. The van der Waals surface area contributed by atoms with Gasteiger partial charge in [0.25, 0.3) is 0 Å². The largest absolute Gasteiger partial charge is 0.494 e. The molecule has 106 valence electrons. The van der Waals surface area contributed by atoms with Crippen LogP contribution in [0.4, 0.5) is 11.5 Å². The van der Waals surface area contributed by atoms with Gasteiger partial charge in [0.15, 0.2) is 0 Å². The van der Waals surface area contributed by atoms with Crippen molar-refractivity contribution < 1.29 is 4.74 Å². The Bertz CT molecular complexity index is 575. The Balaban J connectivity index is 2.20. The summed E-state index contributed by atoms with van der Waals surface area (Å²) in [5, 5.41) is 3.26. The molecule has 0 fully saturated rings. The summed E-state index contributed by atoms with van der Waals surface area (Å²) in [7, 11) is 0. The highest BCUT2D eigenvalue weighted by Gasteiger charge is 2.05. The third-order valence-corrected chi connectivity index (χ3v) is 3.15. The second-order valence-corrected chi connectivity index (χ2v) is 4.53. The van der Waals surface area contributed by atoms with Gasteiger partial charge in [-0.05, 0) is 31.5 Å². The molecule has 20 heavy (non-hydrogen) atoms. The van der Waals surface area contributed by atoms with Gasteiger partial charge in [-0.25, -0.2) is 9.97 Å². The van der Waals surface area contributed by atoms with Gasteiger partial charge in [0.05, 0.1) is 12.5 Å². The molecule has 4 nitrogen and oxygen atoms in total. The van der Waals surface area contributed by atoms with Crippen LogP contribution in [0.1, 0.15) is 25.1 Å². The fourth-order valence-corrected chi connectivity index (χ4v) is 2.07. The lowest BCUT2D eigenvalue weighted by atomic mass is 10.2. The number of rotatable bonds is 6. The van der Waals surface area contributed by atoms with E-state index >= 15 is 0 Å². The zero-order valence-electron chi connectivity index (χ0n) is 11.7. The zero-order valence-corrected chi connectivity index (χ0v) is 12.4. The van der Waals surface area contributed by atoms with Crippen LogP contribution in [0.3, 0.4) is 0 Å². The molecule has 0 unspecified atom stereocenters. The molecule has 1 aromatic carbocycles. The van der Waals surface area contributed by atoms with E-state index in [1.807, 2.05) is 31.2 Å². The Morgan fingerprint density at radius 1 is 1.20 bits per heavy atom. The summed E-state index contributed by atoms with van der Waals surface area (Å²) in [5.74, 6) is 2.01. The highest BCUT2D eigenvalue weighted by molar-refractivity contribution is 6.17. The number of halogens is 1. The zero-order chi connectivity index (χ0) is 14.4. The van der Waals surface area contributed by atoms with Gasteiger partial charge in [-0.15, -0.1) is 11.6 Å². The van der Waals surface area contributed by atoms with E-state index in [1.165, 1.54) is 0 Å². The smallest absolute Gasteiger partial charge is 0.133 e. The molecular formula is C15H18ClN3O. The number of benzene rings is 1. The summed E-state index contributed by atoms with van der Waals surface area (Å²) in [4.78, 5) is 8.39. The molecule has 0 aliphatic carbocycles. The van der Waals surface area contributed by atoms with Crippen LogP contribution in [0.2, 0.25) is 0 Å². The van der Waals surface area contributed by atoms with Gasteiger partial charge in [0, 0.05) is 23.0 Å². The van der Waals surface area contributed by atoms with Gasteiger partial charge in [-0.2, -0.15) is 0 Å². The Morgan fingerprint density at radius 2 is 2.05 bits per heavy atom. The van der Waals surface area contributed by atoms with E-state index in [0.717, 1.165) is 34.9 Å². The van der Waals surface area contributed by atoms with E-state index in [2.05, 4.69) is 22.2 Å². The quantitative estimate of drug-likeness (QED) is 0.820. The average Bonchev–Trinajstić information content (AvgIpc) is 2.49. The Labute approximate surface area is 124 Å². The summed E-state index contributed by atoms with van der Waals surface area (Å²) >= 11 is 5.96. The normalized spacial score (nSPS) is 10.3. The van der Waals surface area contributed by atoms with Crippen LogP contribution in [0.25, 0.3) is 0 Å². The molecule has 0 bridgehead atoms. The summed E-state index contributed by atoms with van der Waals surface area (Å²) in [5.41, 5.74) is 2.90. The molecule has 2 aromatic rings. The van der Waals surface area contributed by atoms with Crippen molar-refractivity contribution >= 4 is 23.1 Å². The minimum Gasteiger partial charge on any atom is -0.494 e. The van der Waals surface area contributed by atoms with Crippen LogP contribution in [-0.2, 0) is 12.3 Å². The Morgan fingerprint density at radius 3 is 2.75 bits per heavy atom. The first-order valence-electron chi connectivity index (χ1n) is 6.66. The van der Waals surface area contributed by atoms with E-state index < -0.39 is 0 Å². The number of ether oxygens (including phenoxy) is 1. The molecule has 0 saturated heterocycles. The molecule has 5 heteroatoms. The van der Waals surface area contributed by atoms with Crippen molar-refractivity contribution in [2.75, 3.05) is 11.9 Å². The van der Waals surface area contributed by atoms with Crippen molar-refractivity contribution in [2.45, 2.75) is 26.1 Å². The number of alkyl halides is 1. The van der Waals surface area contributed by atoms with Crippen LogP contribution in [0.15, 0.2) is 30.6 Å². The number of hydrogen-bond donors (Lipinski definition) is 1. The van der Waals surface area contributed by atoms with Gasteiger partial charge in [-0.3, -0.25) is 0 Å². The Kier molecular flexibility index (Phi) is 5.18. The summed E-state index contributed by atoms with van der Waals surface area (Å²) in [6.45, 7) is 4.65.